The quantitative estimate of drug-likeness (QED) is 0.692. The van der Waals surface area contributed by atoms with Crippen molar-refractivity contribution in [1.29, 1.82) is 0 Å². The Morgan fingerprint density at radius 1 is 0.783 bits per heavy atom. The van der Waals surface area contributed by atoms with Crippen LogP contribution >= 0.6 is 0 Å². The standard InChI is InChI=1S/C18H16N2O2S/c1-13-7-6-10-15(11-13)17-12-16(14-8-4-3-5-9-14)19-18(20-17)23(2,21)22/h3-12H,1-2H3. The average Bonchev–Trinajstić information content (AvgIpc) is 2.54. The van der Waals surface area contributed by atoms with Crippen molar-refractivity contribution in [2.75, 3.05) is 6.26 Å². The Morgan fingerprint density at radius 2 is 1.39 bits per heavy atom. The van der Waals surface area contributed by atoms with Crippen molar-refractivity contribution < 1.29 is 8.42 Å². The van der Waals surface area contributed by atoms with Crippen LogP contribution in [0.25, 0.3) is 22.5 Å². The molecule has 1 aromatic heterocycles. The summed E-state index contributed by atoms with van der Waals surface area (Å²) in [4.78, 5) is 8.47. The Labute approximate surface area is 135 Å². The number of hydrogen-bond donors (Lipinski definition) is 0. The van der Waals surface area contributed by atoms with Crippen LogP contribution < -0.4 is 0 Å². The molecule has 3 rings (SSSR count). The Kier molecular flexibility index (Phi) is 3.96. The average molecular weight is 324 g/mol. The fraction of sp³-hybridized carbons (Fsp3) is 0.111. The number of aryl methyl sites for hydroxylation is 1. The summed E-state index contributed by atoms with van der Waals surface area (Å²) < 4.78 is 23.9. The highest BCUT2D eigenvalue weighted by Gasteiger charge is 2.16. The zero-order chi connectivity index (χ0) is 16.4. The van der Waals surface area contributed by atoms with E-state index in [1.54, 1.807) is 0 Å². The highest BCUT2D eigenvalue weighted by Crippen LogP contribution is 2.25. The second-order valence-corrected chi connectivity index (χ2v) is 7.34. The molecule has 2 aromatic carbocycles. The zero-order valence-corrected chi connectivity index (χ0v) is 13.7. The molecule has 0 atom stereocenters. The predicted octanol–water partition coefficient (Wildman–Crippen LogP) is 3.52. The second kappa shape index (κ2) is 5.93. The maximum atomic E-state index is 11.9. The molecule has 23 heavy (non-hydrogen) atoms. The summed E-state index contributed by atoms with van der Waals surface area (Å²) >= 11 is 0. The summed E-state index contributed by atoms with van der Waals surface area (Å²) in [5.41, 5.74) is 4.01. The van der Waals surface area contributed by atoms with Crippen LogP contribution in [0.1, 0.15) is 5.56 Å². The van der Waals surface area contributed by atoms with Gasteiger partial charge in [0.05, 0.1) is 11.4 Å². The van der Waals surface area contributed by atoms with Gasteiger partial charge in [-0.05, 0) is 19.1 Å². The molecule has 0 saturated heterocycles. The summed E-state index contributed by atoms with van der Waals surface area (Å²) in [7, 11) is -3.50. The van der Waals surface area contributed by atoms with E-state index in [4.69, 9.17) is 0 Å². The first kappa shape index (κ1) is 15.4. The summed E-state index contributed by atoms with van der Waals surface area (Å²) in [6, 6.07) is 19.1. The van der Waals surface area contributed by atoms with Crippen LogP contribution in [-0.2, 0) is 9.84 Å². The number of aromatic nitrogens is 2. The molecule has 5 heteroatoms. The van der Waals surface area contributed by atoms with Crippen LogP contribution in [0.5, 0.6) is 0 Å². The lowest BCUT2D eigenvalue weighted by atomic mass is 10.1. The molecule has 0 aliphatic rings. The van der Waals surface area contributed by atoms with Gasteiger partial charge in [0.25, 0.3) is 0 Å². The smallest absolute Gasteiger partial charge is 0.221 e. The molecule has 0 unspecified atom stereocenters. The van der Waals surface area contributed by atoms with Crippen LogP contribution in [0, 0.1) is 6.92 Å². The normalized spacial score (nSPS) is 11.4. The van der Waals surface area contributed by atoms with Gasteiger partial charge in [-0.3, -0.25) is 0 Å². The van der Waals surface area contributed by atoms with Crippen LogP contribution in [-0.4, -0.2) is 24.6 Å². The van der Waals surface area contributed by atoms with Crippen LogP contribution in [0.3, 0.4) is 0 Å². The molecular formula is C18H16N2O2S. The van der Waals surface area contributed by atoms with E-state index in [1.165, 1.54) is 0 Å². The highest BCUT2D eigenvalue weighted by atomic mass is 32.2. The topological polar surface area (TPSA) is 59.9 Å². The van der Waals surface area contributed by atoms with Crippen molar-refractivity contribution in [2.45, 2.75) is 12.1 Å². The third kappa shape index (κ3) is 3.46. The molecule has 0 bridgehead atoms. The van der Waals surface area contributed by atoms with Gasteiger partial charge < -0.3 is 0 Å². The van der Waals surface area contributed by atoms with Crippen molar-refractivity contribution in [2.24, 2.45) is 0 Å². The fourth-order valence-electron chi connectivity index (χ4n) is 2.30. The summed E-state index contributed by atoms with van der Waals surface area (Å²) in [6.45, 7) is 1.99. The fourth-order valence-corrected chi connectivity index (χ4v) is 2.83. The molecule has 0 radical (unpaired) electrons. The minimum atomic E-state index is -3.50. The molecule has 3 aromatic rings. The molecular weight excluding hydrogens is 308 g/mol. The van der Waals surface area contributed by atoms with Gasteiger partial charge in [0, 0.05) is 17.4 Å². The Morgan fingerprint density at radius 3 is 2.00 bits per heavy atom. The van der Waals surface area contributed by atoms with Gasteiger partial charge in [0.2, 0.25) is 15.0 Å². The minimum absolute atomic E-state index is 0.157. The molecule has 0 spiro atoms. The molecule has 1 heterocycles. The summed E-state index contributed by atoms with van der Waals surface area (Å²) in [5, 5.41) is -0.157. The summed E-state index contributed by atoms with van der Waals surface area (Å²) in [5.74, 6) is 0. The second-order valence-electron chi connectivity index (χ2n) is 5.43. The number of nitrogens with zero attached hydrogens (tertiary/aromatic N) is 2. The monoisotopic (exact) mass is 324 g/mol. The largest absolute Gasteiger partial charge is 0.247 e. The van der Waals surface area contributed by atoms with E-state index in [0.717, 1.165) is 22.9 Å². The molecule has 4 nitrogen and oxygen atoms in total. The van der Waals surface area contributed by atoms with E-state index in [2.05, 4.69) is 9.97 Å². The molecule has 0 N–H and O–H groups in total. The van der Waals surface area contributed by atoms with Crippen LogP contribution in [0.4, 0.5) is 0 Å². The van der Waals surface area contributed by atoms with Gasteiger partial charge in [-0.25, -0.2) is 18.4 Å². The highest BCUT2D eigenvalue weighted by molar-refractivity contribution is 7.90. The van der Waals surface area contributed by atoms with Gasteiger partial charge in [0.1, 0.15) is 0 Å². The third-order valence-electron chi connectivity index (χ3n) is 3.42. The maximum absolute atomic E-state index is 11.9. The molecule has 0 fully saturated rings. The minimum Gasteiger partial charge on any atom is -0.221 e. The zero-order valence-electron chi connectivity index (χ0n) is 12.9. The van der Waals surface area contributed by atoms with Crippen molar-refractivity contribution in [1.82, 2.24) is 9.97 Å². The van der Waals surface area contributed by atoms with E-state index in [0.29, 0.717) is 11.4 Å². The molecule has 0 aliphatic carbocycles. The maximum Gasteiger partial charge on any atom is 0.247 e. The lowest BCUT2D eigenvalue weighted by molar-refractivity contribution is 0.593. The number of rotatable bonds is 3. The van der Waals surface area contributed by atoms with Crippen molar-refractivity contribution in [3.05, 3.63) is 66.2 Å². The lowest BCUT2D eigenvalue weighted by Crippen LogP contribution is -2.06. The third-order valence-corrected chi connectivity index (χ3v) is 4.27. The molecule has 0 aliphatic heterocycles. The van der Waals surface area contributed by atoms with E-state index in [1.807, 2.05) is 67.6 Å². The number of sulfone groups is 1. The first-order valence-corrected chi connectivity index (χ1v) is 9.04. The van der Waals surface area contributed by atoms with E-state index < -0.39 is 9.84 Å². The Balaban J connectivity index is 2.24. The van der Waals surface area contributed by atoms with Crippen molar-refractivity contribution in [3.8, 4) is 22.5 Å². The van der Waals surface area contributed by atoms with E-state index in [9.17, 15) is 8.42 Å². The van der Waals surface area contributed by atoms with Crippen LogP contribution in [0.2, 0.25) is 0 Å². The predicted molar refractivity (Wildman–Crippen MR) is 90.8 cm³/mol. The number of hydrogen-bond acceptors (Lipinski definition) is 4. The first-order valence-electron chi connectivity index (χ1n) is 7.15. The van der Waals surface area contributed by atoms with Gasteiger partial charge in [-0.2, -0.15) is 0 Å². The van der Waals surface area contributed by atoms with E-state index in [-0.39, 0.29) is 5.16 Å². The van der Waals surface area contributed by atoms with Gasteiger partial charge in [0.15, 0.2) is 0 Å². The molecule has 0 saturated carbocycles. The molecule has 116 valence electrons. The SMILES string of the molecule is Cc1cccc(-c2cc(-c3ccccc3)nc(S(C)(=O)=O)n2)c1. The van der Waals surface area contributed by atoms with Gasteiger partial charge in [-0.1, -0.05) is 54.1 Å². The lowest BCUT2D eigenvalue weighted by Gasteiger charge is -2.08. The Bertz CT molecular complexity index is 952. The molecule has 0 amide bonds. The van der Waals surface area contributed by atoms with Gasteiger partial charge in [-0.15, -0.1) is 0 Å². The number of benzene rings is 2. The van der Waals surface area contributed by atoms with Gasteiger partial charge >= 0.3 is 0 Å². The van der Waals surface area contributed by atoms with E-state index >= 15 is 0 Å². The van der Waals surface area contributed by atoms with Crippen molar-refractivity contribution >= 4 is 9.84 Å². The summed E-state index contributed by atoms with van der Waals surface area (Å²) in [6.07, 6.45) is 1.12. The first-order chi connectivity index (χ1) is 10.9. The Hall–Kier alpha value is -2.53. The van der Waals surface area contributed by atoms with Crippen LogP contribution in [0.15, 0.2) is 65.8 Å². The van der Waals surface area contributed by atoms with Crippen molar-refractivity contribution in [3.63, 3.8) is 0 Å².